The molecule has 10 heavy (non-hydrogen) atoms. The zero-order valence-electron chi connectivity index (χ0n) is 4.37. The topological polar surface area (TPSA) is 0 Å². The molecule has 0 radical (unpaired) electrons. The normalized spacial score (nSPS) is 8.70. The minimum atomic E-state index is 0. The van der Waals surface area contributed by atoms with Gasteiger partial charge in [-0.1, -0.05) is 34.8 Å². The van der Waals surface area contributed by atoms with E-state index in [2.05, 4.69) is 0 Å². The minimum absolute atomic E-state index is 0. The van der Waals surface area contributed by atoms with E-state index >= 15 is 0 Å². The molecule has 0 saturated carbocycles. The summed E-state index contributed by atoms with van der Waals surface area (Å²) in [6.45, 7) is 0. The quantitative estimate of drug-likeness (QED) is 0.467. The molecular formula is C6H4Cl3K. The van der Waals surface area contributed by atoms with E-state index in [0.717, 1.165) is 0 Å². The van der Waals surface area contributed by atoms with Crippen LogP contribution in [0.5, 0.6) is 0 Å². The van der Waals surface area contributed by atoms with E-state index in [1.165, 1.54) is 0 Å². The average molecular weight is 222 g/mol. The number of hydrogen-bond acceptors (Lipinski definition) is 0. The number of halogens is 3. The van der Waals surface area contributed by atoms with Crippen LogP contribution in [-0.2, 0) is 0 Å². The summed E-state index contributed by atoms with van der Waals surface area (Å²) in [6.07, 6.45) is 0. The van der Waals surface area contributed by atoms with Gasteiger partial charge in [0.1, 0.15) is 0 Å². The van der Waals surface area contributed by atoms with E-state index in [4.69, 9.17) is 34.8 Å². The molecule has 0 aliphatic carbocycles. The molecule has 0 atom stereocenters. The van der Waals surface area contributed by atoms with E-state index in [-0.39, 0.29) is 51.4 Å². The Hall–Kier alpha value is 1.73. The van der Waals surface area contributed by atoms with Crippen LogP contribution in [0, 0.1) is 0 Å². The summed E-state index contributed by atoms with van der Waals surface area (Å²) < 4.78 is 0. The second-order valence-corrected chi connectivity index (χ2v) is 2.81. The summed E-state index contributed by atoms with van der Waals surface area (Å²) in [5, 5.41) is 1.62. The van der Waals surface area contributed by atoms with E-state index in [1.807, 2.05) is 0 Å². The van der Waals surface area contributed by atoms with Crippen molar-refractivity contribution in [2.24, 2.45) is 0 Å². The maximum atomic E-state index is 5.60. The molecule has 0 aliphatic rings. The Morgan fingerprint density at radius 1 is 0.900 bits per heavy atom. The van der Waals surface area contributed by atoms with Gasteiger partial charge in [0.25, 0.3) is 0 Å². The molecule has 0 aliphatic heterocycles. The fourth-order valence-corrected chi connectivity index (χ4v) is 0.997. The van der Waals surface area contributed by atoms with Crippen LogP contribution in [0.3, 0.4) is 0 Å². The zero-order chi connectivity index (χ0) is 6.85. The SMILES string of the molecule is Clc1ccc(Cl)c(Cl)c1.[KH]. The van der Waals surface area contributed by atoms with Gasteiger partial charge in [0.15, 0.2) is 0 Å². The van der Waals surface area contributed by atoms with Crippen molar-refractivity contribution in [1.82, 2.24) is 0 Å². The van der Waals surface area contributed by atoms with Gasteiger partial charge in [-0.3, -0.25) is 0 Å². The van der Waals surface area contributed by atoms with Gasteiger partial charge in [-0.05, 0) is 18.2 Å². The van der Waals surface area contributed by atoms with Crippen LogP contribution in [-0.4, -0.2) is 51.4 Å². The van der Waals surface area contributed by atoms with Gasteiger partial charge in [-0.25, -0.2) is 0 Å². The van der Waals surface area contributed by atoms with E-state index in [9.17, 15) is 0 Å². The molecule has 0 amide bonds. The van der Waals surface area contributed by atoms with Gasteiger partial charge in [-0.2, -0.15) is 0 Å². The van der Waals surface area contributed by atoms with Crippen LogP contribution in [0.2, 0.25) is 15.1 Å². The van der Waals surface area contributed by atoms with Gasteiger partial charge in [0.2, 0.25) is 0 Å². The van der Waals surface area contributed by atoms with Crippen molar-refractivity contribution in [1.29, 1.82) is 0 Å². The Morgan fingerprint density at radius 3 is 1.90 bits per heavy atom. The summed E-state index contributed by atoms with van der Waals surface area (Å²) in [4.78, 5) is 0. The predicted octanol–water partition coefficient (Wildman–Crippen LogP) is 3.00. The molecule has 0 saturated heterocycles. The van der Waals surface area contributed by atoms with Crippen molar-refractivity contribution in [2.75, 3.05) is 0 Å². The molecule has 1 aromatic rings. The molecule has 0 fully saturated rings. The summed E-state index contributed by atoms with van der Waals surface area (Å²) in [7, 11) is 0. The first-order chi connectivity index (χ1) is 4.20. The van der Waals surface area contributed by atoms with Crippen LogP contribution in [0.1, 0.15) is 0 Å². The third-order valence-electron chi connectivity index (χ3n) is 0.882. The average Bonchev–Trinajstić information content (AvgIpc) is 1.80. The van der Waals surface area contributed by atoms with Crippen molar-refractivity contribution in [3.05, 3.63) is 33.3 Å². The van der Waals surface area contributed by atoms with Gasteiger partial charge < -0.3 is 0 Å². The van der Waals surface area contributed by atoms with Crippen molar-refractivity contribution < 1.29 is 0 Å². The fraction of sp³-hybridized carbons (Fsp3) is 0. The number of benzene rings is 1. The molecule has 0 aromatic heterocycles. The number of hydrogen-bond donors (Lipinski definition) is 0. The van der Waals surface area contributed by atoms with Gasteiger partial charge in [-0.15, -0.1) is 0 Å². The van der Waals surface area contributed by atoms with Crippen molar-refractivity contribution in [2.45, 2.75) is 0 Å². The first-order valence-corrected chi connectivity index (χ1v) is 3.44. The third-order valence-corrected chi connectivity index (χ3v) is 1.86. The Kier molecular flexibility index (Phi) is 6.32. The summed E-state index contributed by atoms with van der Waals surface area (Å²) in [6, 6.07) is 4.95. The van der Waals surface area contributed by atoms with E-state index < -0.39 is 0 Å². The van der Waals surface area contributed by atoms with Crippen LogP contribution in [0.4, 0.5) is 0 Å². The molecule has 0 unspecified atom stereocenters. The number of rotatable bonds is 0. The standard InChI is InChI=1S/C6H3Cl3.K.H/c7-4-1-2-5(8)6(9)3-4;;/h1-3H;;. The van der Waals surface area contributed by atoms with Crippen LogP contribution >= 0.6 is 34.8 Å². The second-order valence-electron chi connectivity index (χ2n) is 1.56. The Labute approximate surface area is 117 Å². The van der Waals surface area contributed by atoms with Crippen LogP contribution in [0.15, 0.2) is 18.2 Å². The molecule has 4 heteroatoms. The molecule has 0 N–H and O–H groups in total. The van der Waals surface area contributed by atoms with Crippen LogP contribution in [0.25, 0.3) is 0 Å². The van der Waals surface area contributed by atoms with Crippen molar-refractivity contribution >= 4 is 86.2 Å². The molecule has 1 aromatic carbocycles. The Balaban J connectivity index is 0.000000810. The molecular weight excluding hydrogens is 218 g/mol. The first-order valence-electron chi connectivity index (χ1n) is 2.30. The molecule has 0 bridgehead atoms. The van der Waals surface area contributed by atoms with E-state index in [0.29, 0.717) is 15.1 Å². The summed E-state index contributed by atoms with van der Waals surface area (Å²) in [5.41, 5.74) is 0. The second kappa shape index (κ2) is 5.39. The van der Waals surface area contributed by atoms with E-state index in [1.54, 1.807) is 18.2 Å². The zero-order valence-corrected chi connectivity index (χ0v) is 6.63. The van der Waals surface area contributed by atoms with Gasteiger partial charge in [0, 0.05) is 5.02 Å². The monoisotopic (exact) mass is 220 g/mol. The molecule has 0 nitrogen and oxygen atoms in total. The van der Waals surface area contributed by atoms with Gasteiger partial charge >= 0.3 is 51.4 Å². The third kappa shape index (κ3) is 3.42. The first kappa shape index (κ1) is 11.7. The maximum absolute atomic E-state index is 5.60. The predicted molar refractivity (Wildman–Crippen MR) is 48.6 cm³/mol. The summed E-state index contributed by atoms with van der Waals surface area (Å²) in [5.74, 6) is 0. The fourth-order valence-electron chi connectivity index (χ4n) is 0.470. The molecule has 50 valence electrons. The molecule has 0 heterocycles. The Morgan fingerprint density at radius 2 is 1.50 bits per heavy atom. The van der Waals surface area contributed by atoms with Crippen LogP contribution < -0.4 is 0 Å². The van der Waals surface area contributed by atoms with Crippen molar-refractivity contribution in [3.8, 4) is 0 Å². The van der Waals surface area contributed by atoms with Crippen molar-refractivity contribution in [3.63, 3.8) is 0 Å². The molecule has 1 rings (SSSR count). The van der Waals surface area contributed by atoms with Gasteiger partial charge in [0.05, 0.1) is 10.0 Å². The summed E-state index contributed by atoms with van der Waals surface area (Å²) >= 11 is 16.8. The molecule has 0 spiro atoms. The Bertz CT molecular complexity index is 224.